The number of aliphatic hydroxyl groups is 1. The lowest BCUT2D eigenvalue weighted by Gasteiger charge is -2.07. The van der Waals surface area contributed by atoms with Gasteiger partial charge in [-0.2, -0.15) is 11.8 Å². The molecule has 94 valence electrons. The maximum absolute atomic E-state index is 12.9. The quantitative estimate of drug-likeness (QED) is 0.767. The van der Waals surface area contributed by atoms with Crippen molar-refractivity contribution in [1.82, 2.24) is 0 Å². The van der Waals surface area contributed by atoms with Crippen molar-refractivity contribution >= 4 is 17.5 Å². The van der Waals surface area contributed by atoms with Gasteiger partial charge in [-0.05, 0) is 29.9 Å². The van der Waals surface area contributed by atoms with E-state index in [1.165, 1.54) is 17.8 Å². The summed E-state index contributed by atoms with van der Waals surface area (Å²) >= 11 is 1.36. The Balaban J connectivity index is 2.55. The number of hydrogen-bond donors (Lipinski definition) is 2. The largest absolute Gasteiger partial charge is 0.507 e. The fourth-order valence-corrected chi connectivity index (χ4v) is 2.18. The van der Waals surface area contributed by atoms with Gasteiger partial charge >= 0.3 is 0 Å². The molecule has 0 aliphatic carbocycles. The lowest BCUT2D eigenvalue weighted by atomic mass is 10.1. The maximum Gasteiger partial charge on any atom is 0.176 e. The van der Waals surface area contributed by atoms with E-state index in [-0.39, 0.29) is 35.4 Å². The summed E-state index contributed by atoms with van der Waals surface area (Å²) in [5.74, 6) is -0.113. The minimum Gasteiger partial charge on any atom is -0.507 e. The molecule has 0 heterocycles. The molecule has 0 bridgehead atoms. The standard InChI is InChI=1S/C12H15FO3S/c1-8(5-14)6-17-7-12(16)10-4-9(13)2-3-11(10)15/h2-4,8,14-15H,5-7H2,1H3. The van der Waals surface area contributed by atoms with Crippen LogP contribution in [0.5, 0.6) is 5.75 Å². The lowest BCUT2D eigenvalue weighted by Crippen LogP contribution is -2.08. The smallest absolute Gasteiger partial charge is 0.176 e. The highest BCUT2D eigenvalue weighted by molar-refractivity contribution is 7.99. The first kappa shape index (κ1) is 14.0. The minimum atomic E-state index is -0.542. The van der Waals surface area contributed by atoms with Crippen molar-refractivity contribution in [2.75, 3.05) is 18.1 Å². The Morgan fingerprint density at radius 3 is 2.88 bits per heavy atom. The molecule has 0 saturated heterocycles. The van der Waals surface area contributed by atoms with Crippen molar-refractivity contribution in [3.63, 3.8) is 0 Å². The van der Waals surface area contributed by atoms with Crippen LogP contribution in [-0.4, -0.2) is 34.1 Å². The number of aromatic hydroxyl groups is 1. The van der Waals surface area contributed by atoms with Crippen molar-refractivity contribution in [3.05, 3.63) is 29.6 Å². The summed E-state index contributed by atoms with van der Waals surface area (Å²) in [4.78, 5) is 11.7. The molecule has 1 atom stereocenters. The van der Waals surface area contributed by atoms with Gasteiger partial charge in [0.25, 0.3) is 0 Å². The highest BCUT2D eigenvalue weighted by Gasteiger charge is 2.12. The van der Waals surface area contributed by atoms with Crippen LogP contribution in [0.3, 0.4) is 0 Å². The number of Topliss-reactive ketones (excluding diaryl/α,β-unsaturated/α-hetero) is 1. The van der Waals surface area contributed by atoms with Gasteiger partial charge in [0.2, 0.25) is 0 Å². The summed E-state index contributed by atoms with van der Waals surface area (Å²) in [6.07, 6.45) is 0. The molecule has 1 aromatic rings. The Labute approximate surface area is 104 Å². The Bertz CT molecular complexity index is 395. The number of aliphatic hydroxyl groups excluding tert-OH is 1. The maximum atomic E-state index is 12.9. The molecular weight excluding hydrogens is 243 g/mol. The van der Waals surface area contributed by atoms with Gasteiger partial charge in [0.05, 0.1) is 11.3 Å². The second-order valence-corrected chi connectivity index (χ2v) is 4.92. The van der Waals surface area contributed by atoms with E-state index >= 15 is 0 Å². The monoisotopic (exact) mass is 258 g/mol. The highest BCUT2D eigenvalue weighted by Crippen LogP contribution is 2.20. The van der Waals surface area contributed by atoms with Gasteiger partial charge in [-0.1, -0.05) is 6.92 Å². The Hall–Kier alpha value is -1.07. The zero-order chi connectivity index (χ0) is 12.8. The summed E-state index contributed by atoms with van der Waals surface area (Å²) < 4.78 is 12.9. The average molecular weight is 258 g/mol. The number of thioether (sulfide) groups is 1. The van der Waals surface area contributed by atoms with Crippen LogP contribution in [0.15, 0.2) is 18.2 Å². The van der Waals surface area contributed by atoms with Crippen LogP contribution < -0.4 is 0 Å². The summed E-state index contributed by atoms with van der Waals surface area (Å²) in [7, 11) is 0. The topological polar surface area (TPSA) is 57.5 Å². The van der Waals surface area contributed by atoms with Gasteiger partial charge in [0.1, 0.15) is 11.6 Å². The summed E-state index contributed by atoms with van der Waals surface area (Å²) in [6, 6.07) is 3.31. The van der Waals surface area contributed by atoms with Gasteiger partial charge < -0.3 is 10.2 Å². The molecule has 3 nitrogen and oxygen atoms in total. The van der Waals surface area contributed by atoms with Crippen molar-refractivity contribution in [3.8, 4) is 5.75 Å². The average Bonchev–Trinajstić information content (AvgIpc) is 2.31. The number of rotatable bonds is 6. The molecule has 1 aromatic carbocycles. The van der Waals surface area contributed by atoms with E-state index in [1.54, 1.807) is 0 Å². The van der Waals surface area contributed by atoms with Gasteiger partial charge in [0, 0.05) is 6.61 Å². The SMILES string of the molecule is CC(CO)CSCC(=O)c1cc(F)ccc1O. The molecule has 0 aliphatic heterocycles. The molecule has 0 amide bonds. The van der Waals surface area contributed by atoms with Crippen molar-refractivity contribution in [2.24, 2.45) is 5.92 Å². The van der Waals surface area contributed by atoms with E-state index < -0.39 is 5.82 Å². The molecule has 1 unspecified atom stereocenters. The van der Waals surface area contributed by atoms with Crippen LogP contribution in [0.1, 0.15) is 17.3 Å². The molecule has 0 radical (unpaired) electrons. The number of carbonyl (C=O) groups excluding carboxylic acids is 1. The van der Waals surface area contributed by atoms with E-state index in [2.05, 4.69) is 0 Å². The molecule has 0 aliphatic rings. The summed E-state index contributed by atoms with van der Waals surface area (Å²) in [5, 5.41) is 18.2. The number of ketones is 1. The van der Waals surface area contributed by atoms with Crippen molar-refractivity contribution in [1.29, 1.82) is 0 Å². The number of carbonyl (C=O) groups is 1. The third-order valence-electron chi connectivity index (χ3n) is 2.21. The summed E-state index contributed by atoms with van der Waals surface area (Å²) in [5.41, 5.74) is 0.00847. The van der Waals surface area contributed by atoms with Crippen molar-refractivity contribution in [2.45, 2.75) is 6.92 Å². The van der Waals surface area contributed by atoms with Gasteiger partial charge in [-0.3, -0.25) is 4.79 Å². The minimum absolute atomic E-state index is 0.00847. The third kappa shape index (κ3) is 4.36. The number of hydrogen-bond acceptors (Lipinski definition) is 4. The first-order valence-corrected chi connectivity index (χ1v) is 6.40. The van der Waals surface area contributed by atoms with Gasteiger partial charge in [-0.25, -0.2) is 4.39 Å². The molecule has 2 N–H and O–H groups in total. The fourth-order valence-electron chi connectivity index (χ4n) is 1.21. The van der Waals surface area contributed by atoms with Crippen LogP contribution in [0, 0.1) is 11.7 Å². The molecule has 0 spiro atoms. The van der Waals surface area contributed by atoms with Crippen LogP contribution in [0.2, 0.25) is 0 Å². The number of benzene rings is 1. The zero-order valence-corrected chi connectivity index (χ0v) is 10.3. The predicted molar refractivity (Wildman–Crippen MR) is 66.0 cm³/mol. The Kier molecular flexibility index (Phi) is 5.44. The molecule has 0 saturated carbocycles. The van der Waals surface area contributed by atoms with Crippen LogP contribution in [0.4, 0.5) is 4.39 Å². The van der Waals surface area contributed by atoms with Crippen LogP contribution in [-0.2, 0) is 0 Å². The molecule has 1 rings (SSSR count). The normalized spacial score (nSPS) is 12.4. The molecule has 0 aromatic heterocycles. The first-order chi connectivity index (χ1) is 8.04. The number of phenols is 1. The van der Waals surface area contributed by atoms with E-state index in [1.807, 2.05) is 6.92 Å². The lowest BCUT2D eigenvalue weighted by molar-refractivity contribution is 0.101. The zero-order valence-electron chi connectivity index (χ0n) is 9.52. The van der Waals surface area contributed by atoms with E-state index in [0.717, 1.165) is 12.1 Å². The first-order valence-electron chi connectivity index (χ1n) is 5.25. The molecule has 17 heavy (non-hydrogen) atoms. The number of halogens is 1. The predicted octanol–water partition coefficient (Wildman–Crippen LogP) is 2.08. The van der Waals surface area contributed by atoms with Crippen LogP contribution >= 0.6 is 11.8 Å². The van der Waals surface area contributed by atoms with E-state index in [0.29, 0.717) is 5.75 Å². The highest BCUT2D eigenvalue weighted by atomic mass is 32.2. The molecule has 5 heteroatoms. The third-order valence-corrected chi connectivity index (χ3v) is 3.48. The Morgan fingerprint density at radius 1 is 1.53 bits per heavy atom. The second-order valence-electron chi connectivity index (χ2n) is 3.89. The van der Waals surface area contributed by atoms with E-state index in [4.69, 9.17) is 5.11 Å². The molecular formula is C12H15FO3S. The van der Waals surface area contributed by atoms with Crippen molar-refractivity contribution < 1.29 is 19.4 Å². The summed E-state index contributed by atoms with van der Waals surface area (Å²) in [6.45, 7) is 1.95. The number of phenolic OH excluding ortho intramolecular Hbond substituents is 1. The van der Waals surface area contributed by atoms with Gasteiger partial charge in [0.15, 0.2) is 5.78 Å². The Morgan fingerprint density at radius 2 is 2.24 bits per heavy atom. The fraction of sp³-hybridized carbons (Fsp3) is 0.417. The second kappa shape index (κ2) is 6.61. The van der Waals surface area contributed by atoms with Crippen LogP contribution in [0.25, 0.3) is 0 Å². The van der Waals surface area contributed by atoms with Gasteiger partial charge in [-0.15, -0.1) is 0 Å². The molecule has 0 fully saturated rings. The van der Waals surface area contributed by atoms with E-state index in [9.17, 15) is 14.3 Å².